The number of anilines is 2. The van der Waals surface area contributed by atoms with Crippen molar-refractivity contribution >= 4 is 29.0 Å². The number of aromatic nitrogens is 3. The van der Waals surface area contributed by atoms with E-state index in [0.717, 1.165) is 41.3 Å². The Morgan fingerprint density at radius 1 is 1.17 bits per heavy atom. The van der Waals surface area contributed by atoms with E-state index >= 15 is 0 Å². The van der Waals surface area contributed by atoms with Gasteiger partial charge in [0, 0.05) is 44.5 Å². The van der Waals surface area contributed by atoms with Crippen LogP contribution in [0.25, 0.3) is 0 Å². The highest BCUT2D eigenvalue weighted by atomic mass is 35.5. The molecule has 0 radical (unpaired) electrons. The lowest BCUT2D eigenvalue weighted by molar-refractivity contribution is -0.126. The maximum atomic E-state index is 11.9. The third-order valence-corrected chi connectivity index (χ3v) is 6.12. The van der Waals surface area contributed by atoms with Crippen LogP contribution < -0.4 is 14.5 Å². The van der Waals surface area contributed by atoms with Crippen molar-refractivity contribution in [1.29, 1.82) is 0 Å². The average Bonchev–Trinajstić information content (AvgIpc) is 2.79. The molecule has 0 N–H and O–H groups in total. The predicted molar refractivity (Wildman–Crippen MR) is 116 cm³/mol. The Morgan fingerprint density at radius 3 is 2.63 bits per heavy atom. The third kappa shape index (κ3) is 3.79. The molecule has 0 bridgehead atoms. The van der Waals surface area contributed by atoms with Gasteiger partial charge in [0.05, 0.1) is 36.3 Å². The van der Waals surface area contributed by atoms with E-state index in [2.05, 4.69) is 31.3 Å². The van der Waals surface area contributed by atoms with E-state index in [1.54, 1.807) is 13.3 Å². The fourth-order valence-corrected chi connectivity index (χ4v) is 4.18. The van der Waals surface area contributed by atoms with Crippen LogP contribution in [-0.2, 0) is 17.8 Å². The Morgan fingerprint density at radius 2 is 1.93 bits per heavy atom. The minimum atomic E-state index is -0.0295. The van der Waals surface area contributed by atoms with E-state index in [1.807, 2.05) is 18.0 Å². The smallest absolute Gasteiger partial charge is 0.318 e. The van der Waals surface area contributed by atoms with Gasteiger partial charge in [-0.25, -0.2) is 0 Å². The normalized spacial score (nSPS) is 16.3. The van der Waals surface area contributed by atoms with Crippen LogP contribution in [0.1, 0.15) is 16.8 Å². The number of nitrogens with zero attached hydrogens (tertiary/aromatic N) is 6. The number of methoxy groups -OCH3 is 1. The van der Waals surface area contributed by atoms with Crippen LogP contribution in [0.3, 0.4) is 0 Å². The van der Waals surface area contributed by atoms with Gasteiger partial charge in [0.15, 0.2) is 0 Å². The van der Waals surface area contributed by atoms with Crippen LogP contribution in [0.15, 0.2) is 25.0 Å². The maximum absolute atomic E-state index is 11.9. The lowest BCUT2D eigenvalue weighted by atomic mass is 10.0. The monoisotopic (exact) mass is 428 g/mol. The fraction of sp³-hybridized carbons (Fsp3) is 0.429. The molecule has 1 fully saturated rings. The van der Waals surface area contributed by atoms with Crippen LogP contribution in [0, 0.1) is 6.92 Å². The molecule has 9 heteroatoms. The number of pyridine rings is 1. The minimum Gasteiger partial charge on any atom is -0.467 e. The van der Waals surface area contributed by atoms with Crippen molar-refractivity contribution in [1.82, 2.24) is 19.9 Å². The minimum absolute atomic E-state index is 0.0295. The summed E-state index contributed by atoms with van der Waals surface area (Å²) in [6.45, 7) is 9.77. The summed E-state index contributed by atoms with van der Waals surface area (Å²) in [7, 11) is 1.58. The number of fused-ring (bicyclic) bond motifs is 1. The van der Waals surface area contributed by atoms with Crippen LogP contribution in [0.4, 0.5) is 11.5 Å². The zero-order valence-electron chi connectivity index (χ0n) is 17.3. The molecule has 1 amide bonds. The fourth-order valence-electron chi connectivity index (χ4n) is 4.02. The number of carbonyl (C=O) groups is 1. The topological polar surface area (TPSA) is 74.7 Å². The van der Waals surface area contributed by atoms with Crippen LogP contribution in [0.5, 0.6) is 6.01 Å². The second kappa shape index (κ2) is 8.47. The first-order valence-corrected chi connectivity index (χ1v) is 10.3. The number of hydrogen-bond acceptors (Lipinski definition) is 7. The molecule has 8 nitrogen and oxygen atoms in total. The average molecular weight is 429 g/mol. The van der Waals surface area contributed by atoms with Crippen molar-refractivity contribution in [3.05, 3.63) is 46.9 Å². The van der Waals surface area contributed by atoms with Gasteiger partial charge in [-0.1, -0.05) is 18.2 Å². The van der Waals surface area contributed by atoms with E-state index in [-0.39, 0.29) is 5.91 Å². The number of halogens is 1. The number of carbonyl (C=O) groups excluding carboxylic acids is 1. The van der Waals surface area contributed by atoms with Crippen LogP contribution in [0.2, 0.25) is 5.02 Å². The van der Waals surface area contributed by atoms with Crippen molar-refractivity contribution in [3.8, 4) is 6.01 Å². The highest BCUT2D eigenvalue weighted by Gasteiger charge is 2.28. The summed E-state index contributed by atoms with van der Waals surface area (Å²) >= 11 is 6.28. The summed E-state index contributed by atoms with van der Waals surface area (Å²) < 4.78 is 5.39. The van der Waals surface area contributed by atoms with Gasteiger partial charge in [0.25, 0.3) is 0 Å². The summed E-state index contributed by atoms with van der Waals surface area (Å²) in [5, 5.41) is 0.659. The summed E-state index contributed by atoms with van der Waals surface area (Å²) in [6, 6.07) is 0.358. The Hall–Kier alpha value is -2.87. The molecular formula is C21H25ClN6O2. The van der Waals surface area contributed by atoms with Gasteiger partial charge in [0.2, 0.25) is 5.91 Å². The molecule has 0 atom stereocenters. The lowest BCUT2D eigenvalue weighted by Gasteiger charge is -2.38. The molecule has 2 aliphatic heterocycles. The van der Waals surface area contributed by atoms with Gasteiger partial charge in [-0.2, -0.15) is 9.97 Å². The molecule has 2 aliphatic rings. The Kier molecular flexibility index (Phi) is 5.76. The zero-order chi connectivity index (χ0) is 21.3. The largest absolute Gasteiger partial charge is 0.467 e. The first kappa shape index (κ1) is 20.4. The third-order valence-electron chi connectivity index (χ3n) is 5.74. The second-order valence-electron chi connectivity index (χ2n) is 7.41. The van der Waals surface area contributed by atoms with Gasteiger partial charge in [0.1, 0.15) is 5.82 Å². The van der Waals surface area contributed by atoms with Gasteiger partial charge in [-0.05, 0) is 25.0 Å². The van der Waals surface area contributed by atoms with Crippen molar-refractivity contribution in [2.75, 3.05) is 49.6 Å². The maximum Gasteiger partial charge on any atom is 0.318 e. The summed E-state index contributed by atoms with van der Waals surface area (Å²) in [5.41, 5.74) is 4.12. The molecular weight excluding hydrogens is 404 g/mol. The molecule has 30 heavy (non-hydrogen) atoms. The molecule has 0 spiro atoms. The number of hydrogen-bond donors (Lipinski definition) is 0. The molecule has 0 aliphatic carbocycles. The van der Waals surface area contributed by atoms with E-state index in [0.29, 0.717) is 43.8 Å². The summed E-state index contributed by atoms with van der Waals surface area (Å²) in [4.78, 5) is 31.7. The highest BCUT2D eigenvalue weighted by Crippen LogP contribution is 2.33. The molecule has 2 aromatic rings. The van der Waals surface area contributed by atoms with Crippen molar-refractivity contribution < 1.29 is 9.53 Å². The van der Waals surface area contributed by atoms with Gasteiger partial charge in [-0.3, -0.25) is 9.78 Å². The van der Waals surface area contributed by atoms with Gasteiger partial charge >= 0.3 is 6.01 Å². The second-order valence-corrected chi connectivity index (χ2v) is 7.82. The molecule has 0 unspecified atom stereocenters. The number of rotatable bonds is 4. The first-order valence-electron chi connectivity index (χ1n) is 9.97. The summed E-state index contributed by atoms with van der Waals surface area (Å²) in [5.74, 6) is 0.876. The van der Waals surface area contributed by atoms with Gasteiger partial charge < -0.3 is 19.4 Å². The highest BCUT2D eigenvalue weighted by molar-refractivity contribution is 6.31. The van der Waals surface area contributed by atoms with E-state index in [4.69, 9.17) is 16.3 Å². The molecule has 1 saturated heterocycles. The van der Waals surface area contributed by atoms with E-state index in [9.17, 15) is 4.79 Å². The number of amides is 1. The first-order chi connectivity index (χ1) is 14.5. The molecule has 4 heterocycles. The molecule has 4 rings (SSSR count). The van der Waals surface area contributed by atoms with Crippen LogP contribution in [-0.4, -0.2) is 65.6 Å². The van der Waals surface area contributed by atoms with E-state index < -0.39 is 0 Å². The molecule has 0 saturated carbocycles. The molecule has 158 valence electrons. The zero-order valence-corrected chi connectivity index (χ0v) is 18.0. The standard InChI is InChI=1S/C21H25ClN6O2/c1-4-19(29)26-7-9-27(10-8-26)20-15-5-6-28(13-17(15)24-21(25-20)30-3)18-12-23-11-16(22)14(18)2/h4,11-12H,1,5-10,13H2,2-3H3. The number of piperazine rings is 1. The Labute approximate surface area is 181 Å². The SMILES string of the molecule is C=CC(=O)N1CCN(c2nc(OC)nc3c2CCN(c2cncc(Cl)c2C)C3)CC1. The van der Waals surface area contributed by atoms with Crippen molar-refractivity contribution in [2.24, 2.45) is 0 Å². The van der Waals surface area contributed by atoms with Crippen molar-refractivity contribution in [3.63, 3.8) is 0 Å². The number of ether oxygens (including phenoxy) is 1. The van der Waals surface area contributed by atoms with E-state index in [1.165, 1.54) is 6.08 Å². The molecule has 0 aromatic carbocycles. The Balaban J connectivity index is 1.61. The molecule has 2 aromatic heterocycles. The van der Waals surface area contributed by atoms with Crippen LogP contribution >= 0.6 is 11.6 Å². The van der Waals surface area contributed by atoms with Gasteiger partial charge in [-0.15, -0.1) is 0 Å². The quantitative estimate of drug-likeness (QED) is 0.691. The Bertz CT molecular complexity index is 974. The van der Waals surface area contributed by atoms with Crippen molar-refractivity contribution in [2.45, 2.75) is 19.9 Å². The predicted octanol–water partition coefficient (Wildman–Crippen LogP) is 2.24. The summed E-state index contributed by atoms with van der Waals surface area (Å²) in [6.07, 6.45) is 5.69. The lowest BCUT2D eigenvalue weighted by Crippen LogP contribution is -2.49.